The van der Waals surface area contributed by atoms with Gasteiger partial charge in [0, 0.05) is 19.2 Å². The normalized spacial score (nSPS) is 11.0. The molecule has 0 heterocycles. The molecule has 0 bridgehead atoms. The molecule has 2 rings (SSSR count). The molecular weight excluding hydrogens is 356 g/mol. The topological polar surface area (TPSA) is 93.7 Å². The fraction of sp³-hybridized carbons (Fsp3) is 0.278. The highest BCUT2D eigenvalue weighted by atomic mass is 32.2. The maximum atomic E-state index is 12.2. The lowest BCUT2D eigenvalue weighted by Crippen LogP contribution is -2.34. The van der Waals surface area contributed by atoms with Gasteiger partial charge < -0.3 is 14.8 Å². The molecule has 0 spiro atoms. The van der Waals surface area contributed by atoms with Gasteiger partial charge in [-0.15, -0.1) is 0 Å². The molecular formula is C18H22N2O5S. The van der Waals surface area contributed by atoms with Crippen molar-refractivity contribution in [1.82, 2.24) is 10.0 Å². The Kier molecular flexibility index (Phi) is 6.99. The van der Waals surface area contributed by atoms with Crippen molar-refractivity contribution in [3.05, 3.63) is 59.7 Å². The van der Waals surface area contributed by atoms with Crippen LogP contribution in [0.3, 0.4) is 0 Å². The van der Waals surface area contributed by atoms with Crippen LogP contribution >= 0.6 is 0 Å². The number of nitrogens with one attached hydrogen (secondary N) is 2. The number of amides is 1. The molecule has 2 N–H and O–H groups in total. The number of methoxy groups -OCH3 is 2. The summed E-state index contributed by atoms with van der Waals surface area (Å²) in [5.41, 5.74) is 1.17. The molecule has 0 aliphatic carbocycles. The van der Waals surface area contributed by atoms with Crippen molar-refractivity contribution >= 4 is 15.9 Å². The van der Waals surface area contributed by atoms with E-state index in [1.54, 1.807) is 18.2 Å². The first-order valence-corrected chi connectivity index (χ1v) is 9.62. The zero-order valence-corrected chi connectivity index (χ0v) is 15.5. The van der Waals surface area contributed by atoms with Crippen molar-refractivity contribution in [2.75, 3.05) is 26.5 Å². The van der Waals surface area contributed by atoms with Crippen LogP contribution in [0.15, 0.2) is 48.5 Å². The lowest BCUT2D eigenvalue weighted by molar-refractivity contribution is 0.0953. The first kappa shape index (κ1) is 19.7. The molecule has 140 valence electrons. The van der Waals surface area contributed by atoms with Crippen molar-refractivity contribution in [3.63, 3.8) is 0 Å². The molecule has 7 nitrogen and oxygen atoms in total. The van der Waals surface area contributed by atoms with Gasteiger partial charge in [-0.25, -0.2) is 13.1 Å². The Hall–Kier alpha value is -2.58. The van der Waals surface area contributed by atoms with Gasteiger partial charge in [-0.1, -0.05) is 30.3 Å². The molecule has 2 aromatic carbocycles. The number of hydrogen-bond donors (Lipinski definition) is 2. The van der Waals surface area contributed by atoms with Gasteiger partial charge in [-0.3, -0.25) is 4.79 Å². The average molecular weight is 378 g/mol. The van der Waals surface area contributed by atoms with Crippen molar-refractivity contribution in [1.29, 1.82) is 0 Å². The van der Waals surface area contributed by atoms with Crippen LogP contribution in [0.5, 0.6) is 11.5 Å². The van der Waals surface area contributed by atoms with E-state index in [1.165, 1.54) is 14.2 Å². The molecule has 8 heteroatoms. The minimum Gasteiger partial charge on any atom is -0.497 e. The van der Waals surface area contributed by atoms with Gasteiger partial charge in [-0.2, -0.15) is 0 Å². The SMILES string of the molecule is COc1ccc(C(=O)NCCS(=O)(=O)NCc2ccccc2)c(OC)c1. The van der Waals surface area contributed by atoms with Crippen LogP contribution in [0.4, 0.5) is 0 Å². The Morgan fingerprint density at radius 2 is 1.77 bits per heavy atom. The Bertz CT molecular complexity index is 838. The van der Waals surface area contributed by atoms with E-state index in [0.717, 1.165) is 5.56 Å². The molecule has 0 saturated carbocycles. The number of carbonyl (C=O) groups excluding carboxylic acids is 1. The second-order valence-corrected chi connectivity index (χ2v) is 7.37. The minimum absolute atomic E-state index is 0.0157. The van der Waals surface area contributed by atoms with Crippen LogP contribution in [-0.4, -0.2) is 40.8 Å². The van der Waals surface area contributed by atoms with E-state index in [4.69, 9.17) is 9.47 Å². The number of ether oxygens (including phenoxy) is 2. The maximum absolute atomic E-state index is 12.2. The number of carbonyl (C=O) groups is 1. The van der Waals surface area contributed by atoms with E-state index < -0.39 is 15.9 Å². The minimum atomic E-state index is -3.50. The van der Waals surface area contributed by atoms with Crippen molar-refractivity contribution in [2.45, 2.75) is 6.54 Å². The molecule has 0 aromatic heterocycles. The smallest absolute Gasteiger partial charge is 0.255 e. The van der Waals surface area contributed by atoms with Crippen LogP contribution in [0.2, 0.25) is 0 Å². The van der Waals surface area contributed by atoms with Crippen LogP contribution < -0.4 is 19.5 Å². The third kappa shape index (κ3) is 5.75. The summed E-state index contributed by atoms with van der Waals surface area (Å²) in [7, 11) is -0.536. The van der Waals surface area contributed by atoms with Gasteiger partial charge in [-0.05, 0) is 17.7 Å². The highest BCUT2D eigenvalue weighted by Crippen LogP contribution is 2.24. The third-order valence-electron chi connectivity index (χ3n) is 3.65. The summed E-state index contributed by atoms with van der Waals surface area (Å²) >= 11 is 0. The van der Waals surface area contributed by atoms with Crippen LogP contribution in [0, 0.1) is 0 Å². The van der Waals surface area contributed by atoms with Crippen LogP contribution in [0.25, 0.3) is 0 Å². The second-order valence-electron chi connectivity index (χ2n) is 5.45. The van der Waals surface area contributed by atoms with Gasteiger partial charge >= 0.3 is 0 Å². The van der Waals surface area contributed by atoms with E-state index >= 15 is 0 Å². The van der Waals surface area contributed by atoms with E-state index in [1.807, 2.05) is 30.3 Å². The largest absolute Gasteiger partial charge is 0.497 e. The van der Waals surface area contributed by atoms with E-state index in [-0.39, 0.29) is 18.8 Å². The standard InChI is InChI=1S/C18H22N2O5S/c1-24-15-8-9-16(17(12-15)25-2)18(21)19-10-11-26(22,23)20-13-14-6-4-3-5-7-14/h3-9,12,20H,10-11,13H2,1-2H3,(H,19,21). The molecule has 0 atom stereocenters. The zero-order chi connectivity index (χ0) is 19.0. The van der Waals surface area contributed by atoms with Crippen LogP contribution in [-0.2, 0) is 16.6 Å². The van der Waals surface area contributed by atoms with Crippen LogP contribution in [0.1, 0.15) is 15.9 Å². The second kappa shape index (κ2) is 9.21. The Morgan fingerprint density at radius 1 is 1.04 bits per heavy atom. The lowest BCUT2D eigenvalue weighted by Gasteiger charge is -2.11. The quantitative estimate of drug-likeness (QED) is 0.691. The summed E-state index contributed by atoms with van der Waals surface area (Å²) in [5, 5.41) is 2.59. The molecule has 0 unspecified atom stereocenters. The number of sulfonamides is 1. The summed E-state index contributed by atoms with van der Waals surface area (Å²) in [6.45, 7) is 0.196. The van der Waals surface area contributed by atoms with E-state index in [0.29, 0.717) is 17.1 Å². The zero-order valence-electron chi connectivity index (χ0n) is 14.7. The Labute approximate surface area is 153 Å². The Morgan fingerprint density at radius 3 is 2.42 bits per heavy atom. The molecule has 0 radical (unpaired) electrons. The molecule has 26 heavy (non-hydrogen) atoms. The van der Waals surface area contributed by atoms with Crippen molar-refractivity contribution in [3.8, 4) is 11.5 Å². The summed E-state index contributed by atoms with van der Waals surface area (Å²) in [4.78, 5) is 12.2. The monoisotopic (exact) mass is 378 g/mol. The predicted octanol–water partition coefficient (Wildman–Crippen LogP) is 1.55. The maximum Gasteiger partial charge on any atom is 0.255 e. The average Bonchev–Trinajstić information content (AvgIpc) is 2.66. The van der Waals surface area contributed by atoms with Gasteiger partial charge in [0.15, 0.2) is 0 Å². The molecule has 0 aliphatic rings. The lowest BCUT2D eigenvalue weighted by atomic mass is 10.2. The predicted molar refractivity (Wildman–Crippen MR) is 98.9 cm³/mol. The van der Waals surface area contributed by atoms with Crippen molar-refractivity contribution < 1.29 is 22.7 Å². The number of hydrogen-bond acceptors (Lipinski definition) is 5. The van der Waals surface area contributed by atoms with E-state index in [2.05, 4.69) is 10.0 Å². The summed E-state index contributed by atoms with van der Waals surface area (Å²) in [6, 6.07) is 14.0. The first-order valence-electron chi connectivity index (χ1n) is 7.96. The molecule has 0 saturated heterocycles. The fourth-order valence-electron chi connectivity index (χ4n) is 2.24. The molecule has 2 aromatic rings. The highest BCUT2D eigenvalue weighted by Gasteiger charge is 2.15. The Balaban J connectivity index is 1.87. The molecule has 0 fully saturated rings. The number of benzene rings is 2. The summed E-state index contributed by atoms with van der Waals surface area (Å²) in [6.07, 6.45) is 0. The summed E-state index contributed by atoms with van der Waals surface area (Å²) in [5.74, 6) is 0.282. The summed E-state index contributed by atoms with van der Waals surface area (Å²) < 4.78 is 36.8. The highest BCUT2D eigenvalue weighted by molar-refractivity contribution is 7.89. The first-order chi connectivity index (χ1) is 12.4. The third-order valence-corrected chi connectivity index (χ3v) is 4.97. The van der Waals surface area contributed by atoms with E-state index in [9.17, 15) is 13.2 Å². The molecule has 1 amide bonds. The van der Waals surface area contributed by atoms with Gasteiger partial charge in [0.1, 0.15) is 11.5 Å². The fourth-order valence-corrected chi connectivity index (χ4v) is 3.14. The number of rotatable bonds is 9. The van der Waals surface area contributed by atoms with Gasteiger partial charge in [0.2, 0.25) is 10.0 Å². The van der Waals surface area contributed by atoms with Crippen molar-refractivity contribution in [2.24, 2.45) is 0 Å². The van der Waals surface area contributed by atoms with Gasteiger partial charge in [0.25, 0.3) is 5.91 Å². The van der Waals surface area contributed by atoms with Gasteiger partial charge in [0.05, 0.1) is 25.5 Å². The molecule has 0 aliphatic heterocycles.